The molecule has 4 atom stereocenters. The van der Waals surface area contributed by atoms with Gasteiger partial charge in [-0.05, 0) is 80.3 Å². The summed E-state index contributed by atoms with van der Waals surface area (Å²) in [6.07, 6.45) is 8.12. The topological polar surface area (TPSA) is 147 Å². The number of likely N-dealkylation sites (N-methyl/N-ethyl adjacent to an activating group) is 1. The van der Waals surface area contributed by atoms with E-state index in [0.717, 1.165) is 82.5 Å². The predicted molar refractivity (Wildman–Crippen MR) is 223 cm³/mol. The highest BCUT2D eigenvalue weighted by molar-refractivity contribution is 8.14. The summed E-state index contributed by atoms with van der Waals surface area (Å²) in [6.45, 7) is 9.70. The standard InChI is InChI=1S/C43H59N7O6S/c1-27(55-7)38-31(15-12-18-44-38)40-33(23-43(3,4)25-56-26-51)32-21-30(16-17-36(32)49(40)6)35-24-57-37(46-35)22-34(42(54)50-20-11-10-19-45-50)47-41(53)39(48(5)28(2)52)29-13-8-9-14-29/h12,15-18,21,26-27,29,34-35,39,45H,8-11,13-14,19-20,22-25H2,1-7H3,(H,47,53)/t27-,34-,35?,39-/m0/s1. The van der Waals surface area contributed by atoms with E-state index in [1.807, 2.05) is 13.0 Å². The minimum absolute atomic E-state index is 0.0555. The minimum Gasteiger partial charge on any atom is -0.467 e. The van der Waals surface area contributed by atoms with Crippen molar-refractivity contribution < 1.29 is 28.7 Å². The Bertz CT molecular complexity index is 1970. The number of nitrogens with zero attached hydrogens (tertiary/aromatic N) is 5. The molecule has 308 valence electrons. The number of thioether (sulfide) groups is 1. The minimum atomic E-state index is -0.831. The second kappa shape index (κ2) is 18.5. The number of fused-ring (bicyclic) bond motifs is 1. The number of aromatic nitrogens is 2. The molecule has 3 aromatic rings. The number of hydrazine groups is 1. The average molecular weight is 802 g/mol. The van der Waals surface area contributed by atoms with Crippen molar-refractivity contribution in [1.82, 2.24) is 30.2 Å². The lowest BCUT2D eigenvalue weighted by molar-refractivity contribution is -0.143. The summed E-state index contributed by atoms with van der Waals surface area (Å²) in [4.78, 5) is 63.4. The van der Waals surface area contributed by atoms with Gasteiger partial charge in [-0.1, -0.05) is 32.8 Å². The van der Waals surface area contributed by atoms with Crippen molar-refractivity contribution >= 4 is 51.9 Å². The van der Waals surface area contributed by atoms with Crippen molar-refractivity contribution in [3.05, 3.63) is 53.3 Å². The van der Waals surface area contributed by atoms with Gasteiger partial charge in [0.25, 0.3) is 12.4 Å². The number of carbonyl (C=O) groups is 4. The monoisotopic (exact) mass is 801 g/mol. The van der Waals surface area contributed by atoms with Gasteiger partial charge in [-0.3, -0.25) is 34.2 Å². The van der Waals surface area contributed by atoms with Crippen LogP contribution in [0.5, 0.6) is 0 Å². The third-order valence-corrected chi connectivity index (χ3v) is 12.9. The van der Waals surface area contributed by atoms with Gasteiger partial charge in [0, 0.05) is 81.5 Å². The third-order valence-electron chi connectivity index (χ3n) is 11.8. The van der Waals surface area contributed by atoms with Gasteiger partial charge in [-0.25, -0.2) is 5.43 Å². The van der Waals surface area contributed by atoms with Crippen LogP contribution in [0.2, 0.25) is 0 Å². The van der Waals surface area contributed by atoms with Gasteiger partial charge < -0.3 is 24.3 Å². The van der Waals surface area contributed by atoms with Crippen LogP contribution in [0.3, 0.4) is 0 Å². The molecule has 2 aromatic heterocycles. The molecule has 1 saturated carbocycles. The van der Waals surface area contributed by atoms with Crippen molar-refractivity contribution in [1.29, 1.82) is 0 Å². The maximum absolute atomic E-state index is 14.1. The normalized spacial score (nSPS) is 19.2. The van der Waals surface area contributed by atoms with Gasteiger partial charge in [0.1, 0.15) is 12.1 Å². The number of hydrogen-bond acceptors (Lipinski definition) is 10. The van der Waals surface area contributed by atoms with Crippen LogP contribution in [0, 0.1) is 11.3 Å². The van der Waals surface area contributed by atoms with Crippen molar-refractivity contribution in [2.24, 2.45) is 23.4 Å². The molecule has 14 heteroatoms. The molecule has 1 aliphatic carbocycles. The summed E-state index contributed by atoms with van der Waals surface area (Å²) in [5.74, 6) is 0.106. The number of carbonyl (C=O) groups excluding carboxylic acids is 4. The summed E-state index contributed by atoms with van der Waals surface area (Å²) in [7, 11) is 5.44. The van der Waals surface area contributed by atoms with Gasteiger partial charge >= 0.3 is 0 Å². The molecule has 3 aliphatic rings. The molecule has 6 rings (SSSR count). The number of benzene rings is 1. The number of rotatable bonds is 16. The first-order valence-electron chi connectivity index (χ1n) is 20.3. The average Bonchev–Trinajstić information content (AvgIpc) is 3.97. The van der Waals surface area contributed by atoms with Gasteiger partial charge in [0.05, 0.1) is 35.2 Å². The largest absolute Gasteiger partial charge is 0.467 e. The Morgan fingerprint density at radius 2 is 1.93 bits per heavy atom. The number of ether oxygens (including phenoxy) is 2. The van der Waals surface area contributed by atoms with Crippen molar-refractivity contribution in [3.8, 4) is 11.3 Å². The molecule has 2 fully saturated rings. The zero-order valence-corrected chi connectivity index (χ0v) is 35.3. The highest BCUT2D eigenvalue weighted by Crippen LogP contribution is 2.42. The molecule has 2 N–H and O–H groups in total. The van der Waals surface area contributed by atoms with Crippen molar-refractivity contribution in [2.45, 2.75) is 103 Å². The predicted octanol–water partition coefficient (Wildman–Crippen LogP) is 5.91. The van der Waals surface area contributed by atoms with Gasteiger partial charge in [-0.2, -0.15) is 0 Å². The third kappa shape index (κ3) is 9.55. The Kier molecular flexibility index (Phi) is 13.8. The maximum Gasteiger partial charge on any atom is 0.293 e. The Hall–Kier alpha value is -4.27. The molecule has 1 saturated heterocycles. The quantitative estimate of drug-likeness (QED) is 0.169. The van der Waals surface area contributed by atoms with E-state index in [4.69, 9.17) is 19.5 Å². The number of methoxy groups -OCH3 is 1. The Balaban J connectivity index is 1.33. The first-order valence-corrected chi connectivity index (χ1v) is 21.2. The van der Waals surface area contributed by atoms with E-state index in [-0.39, 0.29) is 54.2 Å². The molecule has 0 bridgehead atoms. The number of aliphatic imine (C=N–C) groups is 1. The second-order valence-corrected chi connectivity index (χ2v) is 17.7. The first kappa shape index (κ1) is 42.3. The summed E-state index contributed by atoms with van der Waals surface area (Å²) in [5.41, 5.74) is 8.94. The zero-order valence-electron chi connectivity index (χ0n) is 34.5. The van der Waals surface area contributed by atoms with E-state index in [1.165, 1.54) is 11.8 Å². The Morgan fingerprint density at radius 3 is 2.61 bits per heavy atom. The summed E-state index contributed by atoms with van der Waals surface area (Å²) < 4.78 is 13.2. The van der Waals surface area contributed by atoms with Crippen LogP contribution in [-0.2, 0) is 42.1 Å². The van der Waals surface area contributed by atoms with E-state index in [9.17, 15) is 19.2 Å². The van der Waals surface area contributed by atoms with Gasteiger partial charge in [-0.15, -0.1) is 11.8 Å². The highest BCUT2D eigenvalue weighted by atomic mass is 32.2. The molecule has 13 nitrogen and oxygen atoms in total. The second-order valence-electron chi connectivity index (χ2n) is 16.6. The van der Waals surface area contributed by atoms with Crippen LogP contribution in [0.4, 0.5) is 0 Å². The molecule has 1 aromatic carbocycles. The number of nitrogens with one attached hydrogen (secondary N) is 2. The van der Waals surface area contributed by atoms with Crippen LogP contribution < -0.4 is 10.7 Å². The lowest BCUT2D eigenvalue weighted by Gasteiger charge is -2.34. The van der Waals surface area contributed by atoms with E-state index in [2.05, 4.69) is 60.5 Å². The molecular weight excluding hydrogens is 743 g/mol. The summed E-state index contributed by atoms with van der Waals surface area (Å²) >= 11 is 1.62. The maximum atomic E-state index is 14.1. The highest BCUT2D eigenvalue weighted by Gasteiger charge is 2.39. The molecular formula is C43H59N7O6S. The smallest absolute Gasteiger partial charge is 0.293 e. The molecule has 0 radical (unpaired) electrons. The van der Waals surface area contributed by atoms with Crippen LogP contribution in [0.25, 0.3) is 22.2 Å². The van der Waals surface area contributed by atoms with Crippen molar-refractivity contribution in [3.63, 3.8) is 0 Å². The van der Waals surface area contributed by atoms with Gasteiger partial charge in [0.2, 0.25) is 11.8 Å². The number of amides is 3. The zero-order chi connectivity index (χ0) is 40.9. The van der Waals surface area contributed by atoms with E-state index < -0.39 is 12.1 Å². The van der Waals surface area contributed by atoms with Crippen LogP contribution >= 0.6 is 11.8 Å². The molecule has 57 heavy (non-hydrogen) atoms. The molecule has 4 heterocycles. The van der Waals surface area contributed by atoms with Crippen LogP contribution in [-0.4, -0.2) is 100 Å². The first-order chi connectivity index (χ1) is 27.3. The molecule has 1 unspecified atom stereocenters. The van der Waals surface area contributed by atoms with Crippen LogP contribution in [0.1, 0.15) is 102 Å². The number of aryl methyl sites for hydroxylation is 1. The fraction of sp³-hybridized carbons (Fsp3) is 0.581. The van der Waals surface area contributed by atoms with E-state index >= 15 is 0 Å². The number of pyridine rings is 1. The van der Waals surface area contributed by atoms with Gasteiger partial charge in [0.15, 0.2) is 0 Å². The Labute approximate surface area is 340 Å². The SMILES string of the molecule is CO[C@@H](C)c1ncccc1-c1c(CC(C)(C)COC=O)c2cc(C3CSC(C[C@H](NC(=O)[C@H](C4CCCC4)N(C)C(C)=O)C(=O)N4CCCCN4)=N3)ccc2n1C. The number of hydrogen-bond donors (Lipinski definition) is 2. The lowest BCUT2D eigenvalue weighted by Crippen LogP contribution is -2.59. The summed E-state index contributed by atoms with van der Waals surface area (Å²) in [5, 5.41) is 6.64. The Morgan fingerprint density at radius 1 is 1.16 bits per heavy atom. The fourth-order valence-electron chi connectivity index (χ4n) is 8.69. The van der Waals surface area contributed by atoms with Crippen LogP contribution in [0.15, 0.2) is 41.5 Å². The van der Waals surface area contributed by atoms with Crippen molar-refractivity contribution in [2.75, 3.05) is 39.6 Å². The van der Waals surface area contributed by atoms with E-state index in [0.29, 0.717) is 31.7 Å². The molecule has 3 amide bonds. The molecule has 0 spiro atoms. The fourth-order valence-corrected chi connectivity index (χ4v) is 9.79. The van der Waals surface area contributed by atoms with E-state index in [1.54, 1.807) is 37.1 Å². The molecule has 2 aliphatic heterocycles. The lowest BCUT2D eigenvalue weighted by atomic mass is 9.84. The summed E-state index contributed by atoms with van der Waals surface area (Å²) in [6, 6.07) is 8.90.